The second kappa shape index (κ2) is 19.7. The Morgan fingerprint density at radius 3 is 1.34 bits per heavy atom. The van der Waals surface area contributed by atoms with Gasteiger partial charge in [0, 0.05) is 37.3 Å². The third-order valence-corrected chi connectivity index (χ3v) is 12.3. The summed E-state index contributed by atoms with van der Waals surface area (Å²) in [6.45, 7) is 5.11. The average Bonchev–Trinajstić information content (AvgIpc) is 4.19. The fourth-order valence-electron chi connectivity index (χ4n) is 9.06. The molecule has 0 radical (unpaired) electrons. The zero-order chi connectivity index (χ0) is 49.2. The van der Waals surface area contributed by atoms with E-state index in [0.29, 0.717) is 60.7 Å². The van der Waals surface area contributed by atoms with E-state index in [1.54, 1.807) is 72.7 Å². The number of nitrogens with zero attached hydrogens (tertiary/aromatic N) is 10. The zero-order valence-electron chi connectivity index (χ0n) is 38.7. The van der Waals surface area contributed by atoms with Crippen molar-refractivity contribution in [2.24, 2.45) is 0 Å². The van der Waals surface area contributed by atoms with E-state index < -0.39 is 35.3 Å². The molecule has 2 aliphatic heterocycles. The molecule has 10 rings (SSSR count). The minimum Gasteiger partial charge on any atom is -0.495 e. The number of hydrogen-bond donors (Lipinski definition) is 0. The van der Waals surface area contributed by atoms with Gasteiger partial charge in [0.05, 0.1) is 60.8 Å². The average molecular weight is 959 g/mol. The largest absolute Gasteiger partial charge is 0.495 e. The van der Waals surface area contributed by atoms with Gasteiger partial charge < -0.3 is 18.6 Å². The Hall–Kier alpha value is -7.76. The van der Waals surface area contributed by atoms with Gasteiger partial charge in [0.1, 0.15) is 23.1 Å². The van der Waals surface area contributed by atoms with Gasteiger partial charge in [-0.15, -0.1) is 0 Å². The standard InChI is InChI=1S/2C26H24F3N5O/c2*1-17-15-33(16-30-17)22-11-9-18(14-23(22)35-2)10-12-24-31-25-20(7-5-13-34(25)32-24)19-6-3-4-8-21(19)26(27,28)29/h2*3-4,6,8-12,14-16,20H,5,7,13H2,1-2H3/b2*12-10+/t2*20-/m10/s1. The molecule has 0 fully saturated rings. The molecule has 2 aliphatic rings. The van der Waals surface area contributed by atoms with Gasteiger partial charge >= 0.3 is 12.4 Å². The fourth-order valence-corrected chi connectivity index (χ4v) is 9.06. The molecule has 2 atom stereocenters. The van der Waals surface area contributed by atoms with E-state index in [0.717, 1.165) is 58.9 Å². The highest BCUT2D eigenvalue weighted by atomic mass is 19.4. The van der Waals surface area contributed by atoms with Crippen LogP contribution in [0.3, 0.4) is 0 Å². The second-order valence-electron chi connectivity index (χ2n) is 17.0. The van der Waals surface area contributed by atoms with Crippen molar-refractivity contribution in [3.8, 4) is 22.9 Å². The van der Waals surface area contributed by atoms with Gasteiger partial charge in [-0.05, 0) is 110 Å². The van der Waals surface area contributed by atoms with Crippen LogP contribution < -0.4 is 9.47 Å². The number of alkyl halides is 6. The van der Waals surface area contributed by atoms with Gasteiger partial charge in [-0.3, -0.25) is 0 Å². The van der Waals surface area contributed by atoms with E-state index in [9.17, 15) is 26.3 Å². The number of benzene rings is 4. The minimum atomic E-state index is -4.41. The Morgan fingerprint density at radius 1 is 0.557 bits per heavy atom. The third-order valence-electron chi connectivity index (χ3n) is 12.3. The van der Waals surface area contributed by atoms with E-state index in [1.165, 1.54) is 12.1 Å². The summed E-state index contributed by atoms with van der Waals surface area (Å²) >= 11 is 0. The number of halogens is 6. The molecular weight excluding hydrogens is 911 g/mol. The summed E-state index contributed by atoms with van der Waals surface area (Å²) in [5.41, 5.74) is 4.59. The molecule has 0 N–H and O–H groups in total. The summed E-state index contributed by atoms with van der Waals surface area (Å²) in [6.07, 6.45) is 8.42. The maximum Gasteiger partial charge on any atom is 0.416 e. The van der Waals surface area contributed by atoms with Crippen LogP contribution in [-0.4, -0.2) is 62.9 Å². The number of imidazole rings is 2. The molecule has 0 saturated carbocycles. The number of methoxy groups -OCH3 is 2. The molecule has 4 aromatic heterocycles. The first-order chi connectivity index (χ1) is 33.7. The molecule has 6 heterocycles. The summed E-state index contributed by atoms with van der Waals surface area (Å²) in [7, 11) is 3.22. The van der Waals surface area contributed by atoms with Crippen LogP contribution in [0.5, 0.6) is 11.5 Å². The van der Waals surface area contributed by atoms with Crippen LogP contribution >= 0.6 is 0 Å². The molecule has 0 spiro atoms. The van der Waals surface area contributed by atoms with E-state index in [2.05, 4.69) is 30.1 Å². The third kappa shape index (κ3) is 10.2. The van der Waals surface area contributed by atoms with Crippen molar-refractivity contribution in [1.29, 1.82) is 0 Å². The van der Waals surface area contributed by atoms with Crippen molar-refractivity contribution in [1.82, 2.24) is 48.6 Å². The first-order valence-electron chi connectivity index (χ1n) is 22.6. The predicted molar refractivity (Wildman–Crippen MR) is 253 cm³/mol. The number of aryl methyl sites for hydroxylation is 4. The van der Waals surface area contributed by atoms with Gasteiger partial charge in [0.2, 0.25) is 0 Å². The van der Waals surface area contributed by atoms with Crippen LogP contribution in [0.15, 0.2) is 110 Å². The van der Waals surface area contributed by atoms with Crippen molar-refractivity contribution in [3.63, 3.8) is 0 Å². The Bertz CT molecular complexity index is 2980. The molecule has 0 aliphatic carbocycles. The molecule has 0 bridgehead atoms. The van der Waals surface area contributed by atoms with Crippen LogP contribution in [0.25, 0.3) is 35.7 Å². The SMILES string of the molecule is COc1cc(/C=C/c2nc3n(n2)CCC[C@@H]3c2ccccc2C(F)(F)F)ccc1-n1cnc(C)c1.COc1cc(/C=C/c2nc3n(n2)CCC[C@H]3c2ccccc2C(F)(F)F)ccc1-n1cnc(C)c1. The highest BCUT2D eigenvalue weighted by molar-refractivity contribution is 5.70. The number of fused-ring (bicyclic) bond motifs is 2. The van der Waals surface area contributed by atoms with Crippen LogP contribution in [0.4, 0.5) is 26.3 Å². The highest BCUT2D eigenvalue weighted by Gasteiger charge is 2.39. The molecular formula is C52H48F6N10O2. The molecule has 0 amide bonds. The zero-order valence-corrected chi connectivity index (χ0v) is 38.7. The van der Waals surface area contributed by atoms with E-state index in [-0.39, 0.29) is 11.1 Å². The first-order valence-corrected chi connectivity index (χ1v) is 22.6. The monoisotopic (exact) mass is 958 g/mol. The van der Waals surface area contributed by atoms with Crippen LogP contribution in [0.1, 0.15) is 106 Å². The van der Waals surface area contributed by atoms with Gasteiger partial charge in [-0.1, -0.05) is 60.7 Å². The summed E-state index contributed by atoms with van der Waals surface area (Å²) in [5.74, 6) is 2.53. The summed E-state index contributed by atoms with van der Waals surface area (Å²) < 4.78 is 100. The maximum absolute atomic E-state index is 13.6. The van der Waals surface area contributed by atoms with Crippen LogP contribution in [0, 0.1) is 13.8 Å². The Labute approximate surface area is 399 Å². The summed E-state index contributed by atoms with van der Waals surface area (Å²) in [5, 5.41) is 9.08. The molecule has 12 nitrogen and oxygen atoms in total. The lowest BCUT2D eigenvalue weighted by Gasteiger charge is -2.25. The number of hydrogen-bond acceptors (Lipinski definition) is 8. The lowest BCUT2D eigenvalue weighted by atomic mass is 9.88. The topological polar surface area (TPSA) is 116 Å². The van der Waals surface area contributed by atoms with Crippen molar-refractivity contribution < 1.29 is 35.8 Å². The predicted octanol–water partition coefficient (Wildman–Crippen LogP) is 11.8. The lowest BCUT2D eigenvalue weighted by molar-refractivity contribution is -0.139. The van der Waals surface area contributed by atoms with Gasteiger partial charge in [0.15, 0.2) is 11.6 Å². The molecule has 360 valence electrons. The Kier molecular flexibility index (Phi) is 13.3. The highest BCUT2D eigenvalue weighted by Crippen LogP contribution is 2.42. The quantitative estimate of drug-likeness (QED) is 0.124. The van der Waals surface area contributed by atoms with Crippen molar-refractivity contribution in [2.75, 3.05) is 14.2 Å². The Balaban J connectivity index is 0.000000174. The van der Waals surface area contributed by atoms with Crippen LogP contribution in [-0.2, 0) is 25.4 Å². The molecule has 0 unspecified atom stereocenters. The summed E-state index contributed by atoms with van der Waals surface area (Å²) in [4.78, 5) is 17.7. The van der Waals surface area contributed by atoms with Crippen LogP contribution in [0.2, 0.25) is 0 Å². The van der Waals surface area contributed by atoms with Crippen molar-refractivity contribution >= 4 is 24.3 Å². The van der Waals surface area contributed by atoms with Crippen molar-refractivity contribution in [3.05, 3.63) is 178 Å². The molecule has 70 heavy (non-hydrogen) atoms. The Morgan fingerprint density at radius 2 is 0.971 bits per heavy atom. The van der Waals surface area contributed by atoms with E-state index in [4.69, 9.17) is 9.47 Å². The first kappa shape index (κ1) is 47.3. The summed E-state index contributed by atoms with van der Waals surface area (Å²) in [6, 6.07) is 23.1. The normalized spacial score (nSPS) is 16.0. The maximum atomic E-state index is 13.6. The van der Waals surface area contributed by atoms with E-state index in [1.807, 2.05) is 83.9 Å². The fraction of sp³-hybridized carbons (Fsp3) is 0.269. The van der Waals surface area contributed by atoms with E-state index >= 15 is 0 Å². The van der Waals surface area contributed by atoms with Gasteiger partial charge in [-0.25, -0.2) is 29.3 Å². The lowest BCUT2D eigenvalue weighted by Crippen LogP contribution is -2.21. The minimum absolute atomic E-state index is 0.249. The molecule has 0 saturated heterocycles. The number of rotatable bonds is 10. The van der Waals surface area contributed by atoms with Gasteiger partial charge in [0.25, 0.3) is 0 Å². The number of ether oxygens (including phenoxy) is 2. The molecule has 8 aromatic rings. The number of aromatic nitrogens is 10. The smallest absolute Gasteiger partial charge is 0.416 e. The van der Waals surface area contributed by atoms with Gasteiger partial charge in [-0.2, -0.15) is 36.5 Å². The molecule has 4 aromatic carbocycles. The van der Waals surface area contributed by atoms with Crippen molar-refractivity contribution in [2.45, 2.75) is 76.8 Å². The molecule has 18 heteroatoms. The second-order valence-corrected chi connectivity index (χ2v) is 17.0.